The highest BCUT2D eigenvalue weighted by molar-refractivity contribution is 7.51. The second-order valence-corrected chi connectivity index (χ2v) is 7.10. The van der Waals surface area contributed by atoms with Gasteiger partial charge in [0.1, 0.15) is 11.8 Å². The maximum atomic E-state index is 11.1. The van der Waals surface area contributed by atoms with Gasteiger partial charge in [-0.3, -0.25) is 4.57 Å². The van der Waals surface area contributed by atoms with E-state index in [0.29, 0.717) is 24.0 Å². The quantitative estimate of drug-likeness (QED) is 0.574. The third-order valence-electron chi connectivity index (χ3n) is 3.83. The zero-order valence-electron chi connectivity index (χ0n) is 11.1. The van der Waals surface area contributed by atoms with Crippen molar-refractivity contribution < 1.29 is 19.5 Å². The molecule has 0 amide bonds. The van der Waals surface area contributed by atoms with E-state index in [2.05, 4.69) is 15.0 Å². The highest BCUT2D eigenvalue weighted by Gasteiger charge is 2.38. The molecule has 1 aliphatic rings. The Morgan fingerprint density at radius 2 is 2.10 bits per heavy atom. The van der Waals surface area contributed by atoms with Crippen LogP contribution in [0.4, 0.5) is 5.82 Å². The van der Waals surface area contributed by atoms with Crippen LogP contribution in [0, 0.1) is 5.92 Å². The third-order valence-corrected chi connectivity index (χ3v) is 4.83. The van der Waals surface area contributed by atoms with E-state index < -0.39 is 13.7 Å². The van der Waals surface area contributed by atoms with Gasteiger partial charge in [-0.2, -0.15) is 0 Å². The fourth-order valence-corrected chi connectivity index (χ4v) is 3.96. The van der Waals surface area contributed by atoms with Crippen molar-refractivity contribution in [3.63, 3.8) is 0 Å². The van der Waals surface area contributed by atoms with Crippen molar-refractivity contribution in [2.24, 2.45) is 5.92 Å². The molecule has 114 valence electrons. The van der Waals surface area contributed by atoms with Gasteiger partial charge in [0.05, 0.1) is 24.6 Å². The molecule has 9 nitrogen and oxygen atoms in total. The van der Waals surface area contributed by atoms with Gasteiger partial charge in [-0.1, -0.05) is 0 Å². The van der Waals surface area contributed by atoms with Crippen molar-refractivity contribution in [1.82, 2.24) is 19.5 Å². The van der Waals surface area contributed by atoms with Crippen LogP contribution in [0.3, 0.4) is 0 Å². The topological polar surface area (TPSA) is 147 Å². The summed E-state index contributed by atoms with van der Waals surface area (Å²) in [6.07, 6.45) is 2.74. The minimum Gasteiger partial charge on any atom is -0.391 e. The van der Waals surface area contributed by atoms with Crippen LogP contribution in [0.15, 0.2) is 12.7 Å². The summed E-state index contributed by atoms with van der Waals surface area (Å²) < 4.78 is 12.8. The van der Waals surface area contributed by atoms with Gasteiger partial charge >= 0.3 is 7.60 Å². The second-order valence-electron chi connectivity index (χ2n) is 5.40. The molecule has 0 spiro atoms. The Hall–Kier alpha value is -1.54. The van der Waals surface area contributed by atoms with Gasteiger partial charge in [0.2, 0.25) is 0 Å². The van der Waals surface area contributed by atoms with Crippen molar-refractivity contribution >= 4 is 24.6 Å². The Morgan fingerprint density at radius 3 is 2.81 bits per heavy atom. The fraction of sp³-hybridized carbons (Fsp3) is 0.545. The summed E-state index contributed by atoms with van der Waals surface area (Å²) in [6, 6.07) is -0.319. The molecule has 0 bridgehead atoms. The number of imidazole rings is 1. The summed E-state index contributed by atoms with van der Waals surface area (Å²) in [5.74, 6) is 0.0282. The molecule has 0 aliphatic heterocycles. The molecule has 2 aromatic heterocycles. The molecule has 10 heteroatoms. The number of aromatic nitrogens is 4. The minimum atomic E-state index is -4.08. The molecule has 2 aromatic rings. The summed E-state index contributed by atoms with van der Waals surface area (Å²) in [6.45, 7) is 0. The van der Waals surface area contributed by atoms with Gasteiger partial charge in [-0.25, -0.2) is 15.0 Å². The minimum absolute atomic E-state index is 0.218. The van der Waals surface area contributed by atoms with Crippen molar-refractivity contribution in [2.75, 3.05) is 11.9 Å². The molecular weight excluding hydrogens is 297 g/mol. The summed E-state index contributed by atoms with van der Waals surface area (Å²) in [5, 5.41) is 10.2. The van der Waals surface area contributed by atoms with Crippen molar-refractivity contribution in [3.8, 4) is 0 Å². The molecule has 3 rings (SSSR count). The van der Waals surface area contributed by atoms with Crippen LogP contribution in [0.1, 0.15) is 18.9 Å². The smallest absolute Gasteiger partial charge is 0.325 e. The zero-order chi connectivity index (χ0) is 15.2. The van der Waals surface area contributed by atoms with Crippen LogP contribution >= 0.6 is 7.60 Å². The monoisotopic (exact) mass is 313 g/mol. The number of anilines is 1. The molecule has 3 atom stereocenters. The standard InChI is InChI=1S/C11H16N5O4P/c12-10-9-11(14-4-13-10)16(5-15-9)7-1-6(2-8(7)17)3-21(18,19)20/h4-8,17H,1-3H2,(H2,12,13,14)(H2,18,19,20)/t6-,7+,8+/m0/s1. The van der Waals surface area contributed by atoms with E-state index >= 15 is 0 Å². The average molecular weight is 313 g/mol. The normalized spacial score (nSPS) is 26.5. The molecule has 0 radical (unpaired) electrons. The van der Waals surface area contributed by atoms with E-state index in [-0.39, 0.29) is 23.9 Å². The van der Waals surface area contributed by atoms with E-state index in [0.717, 1.165) is 0 Å². The Labute approximate surface area is 120 Å². The highest BCUT2D eigenvalue weighted by Crippen LogP contribution is 2.45. The molecule has 1 fully saturated rings. The number of nitrogens with two attached hydrogens (primary N) is 1. The van der Waals surface area contributed by atoms with Crippen molar-refractivity contribution in [2.45, 2.75) is 25.0 Å². The SMILES string of the molecule is Nc1ncnc2c1ncn2[C@@H]1C[C@H](CP(=O)(O)O)C[C@H]1O. The van der Waals surface area contributed by atoms with Gasteiger partial charge in [0, 0.05) is 0 Å². The first-order valence-electron chi connectivity index (χ1n) is 6.51. The lowest BCUT2D eigenvalue weighted by molar-refractivity contribution is 0.136. The van der Waals surface area contributed by atoms with E-state index in [1.165, 1.54) is 12.7 Å². The number of nitrogens with zero attached hydrogens (tertiary/aromatic N) is 4. The van der Waals surface area contributed by atoms with Gasteiger partial charge in [0.25, 0.3) is 0 Å². The Kier molecular flexibility index (Phi) is 3.45. The summed E-state index contributed by atoms with van der Waals surface area (Å²) >= 11 is 0. The summed E-state index contributed by atoms with van der Waals surface area (Å²) in [7, 11) is -4.08. The van der Waals surface area contributed by atoms with Crippen LogP contribution in [0.25, 0.3) is 11.2 Å². The second kappa shape index (κ2) is 5.03. The molecule has 5 N–H and O–H groups in total. The highest BCUT2D eigenvalue weighted by atomic mass is 31.2. The van der Waals surface area contributed by atoms with Gasteiger partial charge in [-0.15, -0.1) is 0 Å². The number of aliphatic hydroxyl groups excluding tert-OH is 1. The maximum absolute atomic E-state index is 11.1. The Morgan fingerprint density at radius 1 is 1.33 bits per heavy atom. The summed E-state index contributed by atoms with van der Waals surface area (Å²) in [4.78, 5) is 30.3. The summed E-state index contributed by atoms with van der Waals surface area (Å²) in [5.41, 5.74) is 6.70. The van der Waals surface area contributed by atoms with E-state index in [1.54, 1.807) is 4.57 Å². The molecule has 1 aliphatic carbocycles. The molecular formula is C11H16N5O4P. The Bertz CT molecular complexity index is 714. The third kappa shape index (κ3) is 2.77. The lowest BCUT2D eigenvalue weighted by atomic mass is 10.1. The zero-order valence-corrected chi connectivity index (χ0v) is 12.0. The van der Waals surface area contributed by atoms with Gasteiger partial charge in [0.15, 0.2) is 11.5 Å². The van der Waals surface area contributed by atoms with Crippen molar-refractivity contribution in [1.29, 1.82) is 0 Å². The lowest BCUT2D eigenvalue weighted by Gasteiger charge is -2.16. The predicted octanol–water partition coefficient (Wildman–Crippen LogP) is -0.102. The van der Waals surface area contributed by atoms with E-state index in [1.807, 2.05) is 0 Å². The predicted molar refractivity (Wildman–Crippen MR) is 74.4 cm³/mol. The molecule has 1 saturated carbocycles. The van der Waals surface area contributed by atoms with E-state index in [9.17, 15) is 9.67 Å². The first kappa shape index (κ1) is 14.4. The number of rotatable bonds is 3. The number of hydrogen-bond donors (Lipinski definition) is 4. The Balaban J connectivity index is 1.89. The fourth-order valence-electron chi connectivity index (χ4n) is 2.99. The average Bonchev–Trinajstić information content (AvgIpc) is 2.92. The number of hydrogen-bond acceptors (Lipinski definition) is 6. The number of nitrogen functional groups attached to an aromatic ring is 1. The molecule has 0 aromatic carbocycles. The van der Waals surface area contributed by atoms with Crippen LogP contribution in [0.2, 0.25) is 0 Å². The first-order valence-corrected chi connectivity index (χ1v) is 8.30. The molecule has 0 unspecified atom stereocenters. The van der Waals surface area contributed by atoms with Crippen molar-refractivity contribution in [3.05, 3.63) is 12.7 Å². The lowest BCUT2D eigenvalue weighted by Crippen LogP contribution is -2.17. The maximum Gasteiger partial charge on any atom is 0.325 e. The van der Waals surface area contributed by atoms with Crippen LogP contribution in [-0.2, 0) is 4.57 Å². The van der Waals surface area contributed by atoms with E-state index in [4.69, 9.17) is 15.5 Å². The largest absolute Gasteiger partial charge is 0.391 e. The molecule has 21 heavy (non-hydrogen) atoms. The number of fused-ring (bicyclic) bond motifs is 1. The van der Waals surface area contributed by atoms with Crippen LogP contribution in [0.5, 0.6) is 0 Å². The molecule has 2 heterocycles. The van der Waals surface area contributed by atoms with Crippen LogP contribution in [-0.4, -0.2) is 46.7 Å². The van der Waals surface area contributed by atoms with Gasteiger partial charge < -0.3 is 25.2 Å². The molecule has 0 saturated heterocycles. The first-order chi connectivity index (χ1) is 9.85. The number of aliphatic hydroxyl groups is 1. The van der Waals surface area contributed by atoms with Crippen LogP contribution < -0.4 is 5.73 Å². The van der Waals surface area contributed by atoms with Gasteiger partial charge in [-0.05, 0) is 18.8 Å².